The van der Waals surface area contributed by atoms with Crippen molar-refractivity contribution < 1.29 is 17.9 Å². The Hall–Kier alpha value is -1.84. The molecule has 1 N–H and O–H groups in total. The first-order chi connectivity index (χ1) is 14.8. The Bertz CT molecular complexity index is 1000. The predicted octanol–water partition coefficient (Wildman–Crippen LogP) is 3.75. The number of hydrogen-bond acceptors (Lipinski definition) is 4. The van der Waals surface area contributed by atoms with Crippen LogP contribution in [-0.2, 0) is 27.9 Å². The van der Waals surface area contributed by atoms with Crippen LogP contribution in [0.2, 0.25) is 10.0 Å². The first kappa shape index (κ1) is 23.8. The normalized spacial score (nSPS) is 15.1. The van der Waals surface area contributed by atoms with Crippen LogP contribution >= 0.6 is 23.2 Å². The maximum absolute atomic E-state index is 13.0. The van der Waals surface area contributed by atoms with E-state index < -0.39 is 10.0 Å². The van der Waals surface area contributed by atoms with Gasteiger partial charge in [0.15, 0.2) is 0 Å². The summed E-state index contributed by atoms with van der Waals surface area (Å²) in [6, 6.07) is 12.1. The third-order valence-electron chi connectivity index (χ3n) is 5.05. The third kappa shape index (κ3) is 5.70. The zero-order chi connectivity index (χ0) is 22.4. The van der Waals surface area contributed by atoms with Crippen LogP contribution in [0.4, 0.5) is 4.79 Å². The smallest absolute Gasteiger partial charge is 0.317 e. The number of nitrogens with zero attached hydrogens (tertiary/aromatic N) is 2. The molecule has 0 bridgehead atoms. The average molecular weight is 486 g/mol. The largest absolute Gasteiger partial charge is 0.377 e. The van der Waals surface area contributed by atoms with Gasteiger partial charge in [0.05, 0.1) is 16.7 Å². The van der Waals surface area contributed by atoms with Gasteiger partial charge in [-0.3, -0.25) is 0 Å². The van der Waals surface area contributed by atoms with E-state index >= 15 is 0 Å². The van der Waals surface area contributed by atoms with Crippen molar-refractivity contribution in [3.8, 4) is 0 Å². The summed E-state index contributed by atoms with van der Waals surface area (Å²) in [5.41, 5.74) is 2.01. The molecule has 0 spiro atoms. The summed E-state index contributed by atoms with van der Waals surface area (Å²) >= 11 is 12.2. The molecule has 1 heterocycles. The van der Waals surface area contributed by atoms with E-state index in [4.69, 9.17) is 27.9 Å². The van der Waals surface area contributed by atoms with Crippen molar-refractivity contribution >= 4 is 39.3 Å². The monoisotopic (exact) mass is 485 g/mol. The maximum Gasteiger partial charge on any atom is 0.317 e. The van der Waals surface area contributed by atoms with Gasteiger partial charge in [-0.05, 0) is 30.2 Å². The molecule has 168 valence electrons. The number of rotatable bonds is 7. The summed E-state index contributed by atoms with van der Waals surface area (Å²) in [5, 5.41) is 3.07. The molecule has 2 amide bonds. The van der Waals surface area contributed by atoms with Crippen LogP contribution in [0.5, 0.6) is 0 Å². The van der Waals surface area contributed by atoms with Crippen molar-refractivity contribution in [3.63, 3.8) is 0 Å². The molecule has 1 aliphatic heterocycles. The first-order valence-electron chi connectivity index (χ1n) is 9.96. The lowest BCUT2D eigenvalue weighted by Crippen LogP contribution is -2.53. The fourth-order valence-electron chi connectivity index (χ4n) is 3.36. The van der Waals surface area contributed by atoms with Crippen molar-refractivity contribution in [2.24, 2.45) is 0 Å². The number of piperazine rings is 1. The third-order valence-corrected chi connectivity index (χ3v) is 7.91. The molecule has 2 aromatic carbocycles. The number of benzene rings is 2. The number of carbonyl (C=O) groups excluding carboxylic acids is 1. The highest BCUT2D eigenvalue weighted by Crippen LogP contribution is 2.31. The lowest BCUT2D eigenvalue weighted by molar-refractivity contribution is 0.133. The van der Waals surface area contributed by atoms with Crippen LogP contribution < -0.4 is 5.32 Å². The van der Waals surface area contributed by atoms with Crippen LogP contribution in [0.25, 0.3) is 0 Å². The quantitative estimate of drug-likeness (QED) is 0.647. The molecule has 1 saturated heterocycles. The van der Waals surface area contributed by atoms with Crippen molar-refractivity contribution in [2.45, 2.75) is 25.0 Å². The van der Waals surface area contributed by atoms with E-state index in [-0.39, 0.29) is 47.2 Å². The molecular weight excluding hydrogens is 461 g/mol. The van der Waals surface area contributed by atoms with E-state index in [1.807, 2.05) is 31.2 Å². The lowest BCUT2D eigenvalue weighted by atomic mass is 10.1. The number of carbonyl (C=O) groups is 1. The van der Waals surface area contributed by atoms with Gasteiger partial charge in [-0.2, -0.15) is 4.31 Å². The molecule has 7 nitrogen and oxygen atoms in total. The Balaban J connectivity index is 1.58. The highest BCUT2D eigenvalue weighted by molar-refractivity contribution is 7.89. The second kappa shape index (κ2) is 10.7. The second-order valence-corrected chi connectivity index (χ2v) is 9.70. The number of ether oxygens (including phenoxy) is 1. The number of urea groups is 1. The number of amides is 2. The van der Waals surface area contributed by atoms with E-state index in [1.54, 1.807) is 11.0 Å². The average Bonchev–Trinajstić information content (AvgIpc) is 2.76. The van der Waals surface area contributed by atoms with E-state index in [2.05, 4.69) is 5.32 Å². The predicted molar refractivity (Wildman–Crippen MR) is 121 cm³/mol. The molecule has 31 heavy (non-hydrogen) atoms. The van der Waals surface area contributed by atoms with Crippen molar-refractivity contribution in [3.05, 3.63) is 63.6 Å². The maximum atomic E-state index is 13.0. The molecule has 0 saturated carbocycles. The van der Waals surface area contributed by atoms with Gasteiger partial charge in [-0.25, -0.2) is 13.2 Å². The van der Waals surface area contributed by atoms with Gasteiger partial charge < -0.3 is 15.0 Å². The zero-order valence-corrected chi connectivity index (χ0v) is 19.5. The van der Waals surface area contributed by atoms with Crippen LogP contribution in [0.3, 0.4) is 0 Å². The summed E-state index contributed by atoms with van der Waals surface area (Å²) in [5.74, 6) is 0. The zero-order valence-electron chi connectivity index (χ0n) is 17.2. The minimum Gasteiger partial charge on any atom is -0.377 e. The Morgan fingerprint density at radius 2 is 1.61 bits per heavy atom. The highest BCUT2D eigenvalue weighted by Gasteiger charge is 2.33. The Labute approximate surface area is 192 Å². The number of sulfonamides is 1. The van der Waals surface area contributed by atoms with E-state index in [0.717, 1.165) is 11.1 Å². The Morgan fingerprint density at radius 1 is 1.00 bits per heavy atom. The van der Waals surface area contributed by atoms with Crippen LogP contribution in [0.1, 0.15) is 18.1 Å². The molecule has 3 rings (SSSR count). The number of halogens is 2. The molecule has 10 heteroatoms. The minimum absolute atomic E-state index is 0.0818. The van der Waals surface area contributed by atoms with Gasteiger partial charge in [0.2, 0.25) is 10.0 Å². The molecule has 0 atom stereocenters. The molecular formula is C21H25Cl2N3O4S. The summed E-state index contributed by atoms with van der Waals surface area (Å²) in [6.45, 7) is 4.29. The van der Waals surface area contributed by atoms with Crippen molar-refractivity contribution in [2.75, 3.05) is 32.8 Å². The van der Waals surface area contributed by atoms with Crippen molar-refractivity contribution in [1.82, 2.24) is 14.5 Å². The summed E-state index contributed by atoms with van der Waals surface area (Å²) in [6.07, 6.45) is 0. The molecule has 0 unspecified atom stereocenters. The molecule has 1 aliphatic rings. The van der Waals surface area contributed by atoms with Crippen LogP contribution in [0, 0.1) is 0 Å². The highest BCUT2D eigenvalue weighted by atomic mass is 35.5. The van der Waals surface area contributed by atoms with Gasteiger partial charge >= 0.3 is 6.03 Å². The summed E-state index contributed by atoms with van der Waals surface area (Å²) in [7, 11) is -3.85. The Morgan fingerprint density at radius 3 is 2.23 bits per heavy atom. The summed E-state index contributed by atoms with van der Waals surface area (Å²) < 4.78 is 32.7. The fraction of sp³-hybridized carbons (Fsp3) is 0.381. The van der Waals surface area contributed by atoms with Gasteiger partial charge in [0, 0.05) is 39.3 Å². The molecule has 2 aromatic rings. The Kier molecular flexibility index (Phi) is 8.18. The SMILES string of the molecule is CCOCc1ccccc1CNC(=O)N1CCN(S(=O)(=O)c2c(Cl)cccc2Cl)CC1. The van der Waals surface area contributed by atoms with Crippen LogP contribution in [0.15, 0.2) is 47.4 Å². The number of hydrogen-bond donors (Lipinski definition) is 1. The standard InChI is InChI=1S/C21H25Cl2N3O4S/c1-2-30-15-17-7-4-3-6-16(17)14-24-21(27)25-10-12-26(13-11-25)31(28,29)20-18(22)8-5-9-19(20)23/h3-9H,2,10-15H2,1H3,(H,24,27). The molecule has 1 fully saturated rings. The molecule has 0 radical (unpaired) electrons. The van der Waals surface area contributed by atoms with Gasteiger partial charge in [-0.15, -0.1) is 0 Å². The summed E-state index contributed by atoms with van der Waals surface area (Å²) in [4.78, 5) is 14.1. The van der Waals surface area contributed by atoms with E-state index in [0.29, 0.717) is 19.8 Å². The molecule has 0 aromatic heterocycles. The molecule has 0 aliphatic carbocycles. The van der Waals surface area contributed by atoms with Crippen LogP contribution in [-0.4, -0.2) is 56.4 Å². The van der Waals surface area contributed by atoms with E-state index in [1.165, 1.54) is 16.4 Å². The van der Waals surface area contributed by atoms with Gasteiger partial charge in [0.25, 0.3) is 0 Å². The topological polar surface area (TPSA) is 79.0 Å². The first-order valence-corrected chi connectivity index (χ1v) is 12.2. The second-order valence-electron chi connectivity index (χ2n) is 7.01. The fourth-order valence-corrected chi connectivity index (χ4v) is 5.87. The lowest BCUT2D eigenvalue weighted by Gasteiger charge is -2.34. The number of nitrogens with one attached hydrogen (secondary N) is 1. The van der Waals surface area contributed by atoms with Crippen molar-refractivity contribution in [1.29, 1.82) is 0 Å². The van der Waals surface area contributed by atoms with Gasteiger partial charge in [-0.1, -0.05) is 53.5 Å². The van der Waals surface area contributed by atoms with Gasteiger partial charge in [0.1, 0.15) is 4.90 Å². The minimum atomic E-state index is -3.85. The van der Waals surface area contributed by atoms with E-state index in [9.17, 15) is 13.2 Å².